The Kier molecular flexibility index (Phi) is 8.34. The van der Waals surface area contributed by atoms with Gasteiger partial charge in [0.25, 0.3) is 0 Å². The van der Waals surface area contributed by atoms with E-state index in [0.29, 0.717) is 30.9 Å². The molecule has 1 aromatic heterocycles. The van der Waals surface area contributed by atoms with E-state index in [1.54, 1.807) is 19.1 Å². The molecule has 0 radical (unpaired) electrons. The highest BCUT2D eigenvalue weighted by atomic mass is 19.1. The van der Waals surface area contributed by atoms with Crippen LogP contribution in [0.2, 0.25) is 0 Å². The number of rotatable bonds is 8. The van der Waals surface area contributed by atoms with Crippen LogP contribution in [-0.2, 0) is 22.6 Å². The van der Waals surface area contributed by atoms with E-state index in [1.165, 1.54) is 12.1 Å². The summed E-state index contributed by atoms with van der Waals surface area (Å²) in [5.74, 6) is -0.195. The molecule has 0 unspecified atom stereocenters. The summed E-state index contributed by atoms with van der Waals surface area (Å²) in [5, 5.41) is 8.91. The lowest BCUT2D eigenvalue weighted by atomic mass is 9.94. The first-order valence-corrected chi connectivity index (χ1v) is 12.5. The van der Waals surface area contributed by atoms with E-state index >= 15 is 0 Å². The smallest absolute Gasteiger partial charge is 0.242 e. The van der Waals surface area contributed by atoms with E-state index < -0.39 is 11.9 Å². The molecule has 8 nitrogen and oxygen atoms in total. The van der Waals surface area contributed by atoms with Gasteiger partial charge < -0.3 is 21.7 Å². The summed E-state index contributed by atoms with van der Waals surface area (Å²) >= 11 is 0. The minimum atomic E-state index is -0.676. The van der Waals surface area contributed by atoms with Gasteiger partial charge in [0, 0.05) is 12.2 Å². The number of aromatic nitrogens is 1. The maximum absolute atomic E-state index is 13.5. The van der Waals surface area contributed by atoms with Gasteiger partial charge in [-0.25, -0.2) is 14.2 Å². The Hall–Kier alpha value is -4.29. The van der Waals surface area contributed by atoms with Crippen LogP contribution < -0.4 is 21.7 Å². The standard InChI is InChI=1S/C29H31FN6O2/c1-17-22(8-11-27(31)35-17)16-34-28(37)18(2)36-29(38)26-13-20(15-33-26)12-19-4-6-21(7-5-19)24-10-9-23(30)14-25(24)32-3/h4-11,14,18,20,26,33H,12-13,15-16H2,1-2H3,(H2,31,35)(H,34,37)(H,36,38)/t18-,20-,26+/m0/s1. The average molecular weight is 515 g/mol. The van der Waals surface area contributed by atoms with E-state index in [-0.39, 0.29) is 29.5 Å². The van der Waals surface area contributed by atoms with Crippen molar-refractivity contribution in [2.24, 2.45) is 5.92 Å². The maximum atomic E-state index is 13.5. The fourth-order valence-electron chi connectivity index (χ4n) is 4.67. The molecule has 1 aliphatic heterocycles. The molecule has 2 heterocycles. The lowest BCUT2D eigenvalue weighted by molar-refractivity contribution is -0.129. The van der Waals surface area contributed by atoms with Crippen molar-refractivity contribution in [1.82, 2.24) is 20.9 Å². The molecule has 3 aromatic rings. The fourth-order valence-corrected chi connectivity index (χ4v) is 4.67. The monoisotopic (exact) mass is 514 g/mol. The van der Waals surface area contributed by atoms with Crippen molar-refractivity contribution < 1.29 is 14.0 Å². The first-order chi connectivity index (χ1) is 18.2. The Morgan fingerprint density at radius 3 is 2.68 bits per heavy atom. The molecule has 0 saturated carbocycles. The molecule has 4 rings (SSSR count). The average Bonchev–Trinajstić information content (AvgIpc) is 3.37. The summed E-state index contributed by atoms with van der Waals surface area (Å²) in [7, 11) is 0. The van der Waals surface area contributed by atoms with Crippen LogP contribution in [0.15, 0.2) is 54.6 Å². The molecule has 1 aliphatic rings. The molecule has 1 saturated heterocycles. The number of aryl methyl sites for hydroxylation is 1. The van der Waals surface area contributed by atoms with E-state index in [1.807, 2.05) is 37.3 Å². The van der Waals surface area contributed by atoms with Crippen LogP contribution in [-0.4, -0.2) is 35.4 Å². The number of nitrogen functional groups attached to an aromatic ring is 1. The number of benzene rings is 2. The first-order valence-electron chi connectivity index (χ1n) is 12.5. The number of nitrogens with zero attached hydrogens (tertiary/aromatic N) is 2. The molecule has 196 valence electrons. The third-order valence-electron chi connectivity index (χ3n) is 6.83. The van der Waals surface area contributed by atoms with Crippen molar-refractivity contribution >= 4 is 23.3 Å². The summed E-state index contributed by atoms with van der Waals surface area (Å²) in [6.45, 7) is 11.8. The molecule has 2 aromatic carbocycles. The van der Waals surface area contributed by atoms with Gasteiger partial charge in [-0.3, -0.25) is 9.59 Å². The van der Waals surface area contributed by atoms with Gasteiger partial charge in [-0.1, -0.05) is 36.4 Å². The van der Waals surface area contributed by atoms with Crippen molar-refractivity contribution in [2.45, 2.75) is 45.3 Å². The fraction of sp³-hybridized carbons (Fsp3) is 0.310. The van der Waals surface area contributed by atoms with Gasteiger partial charge in [0.15, 0.2) is 5.69 Å². The number of amides is 2. The van der Waals surface area contributed by atoms with Crippen LogP contribution >= 0.6 is 0 Å². The molecular formula is C29H31FN6O2. The Morgan fingerprint density at radius 2 is 1.97 bits per heavy atom. The van der Waals surface area contributed by atoms with E-state index in [4.69, 9.17) is 12.3 Å². The van der Waals surface area contributed by atoms with Crippen LogP contribution in [0, 0.1) is 25.2 Å². The van der Waals surface area contributed by atoms with E-state index in [2.05, 4.69) is 25.8 Å². The summed E-state index contributed by atoms with van der Waals surface area (Å²) in [6, 6.07) is 14.6. The van der Waals surface area contributed by atoms with Crippen molar-refractivity contribution in [2.75, 3.05) is 12.3 Å². The van der Waals surface area contributed by atoms with Crippen LogP contribution in [0.5, 0.6) is 0 Å². The Labute approximate surface area is 221 Å². The molecule has 2 amide bonds. The summed E-state index contributed by atoms with van der Waals surface area (Å²) in [4.78, 5) is 32.9. The lowest BCUT2D eigenvalue weighted by Gasteiger charge is -2.17. The summed E-state index contributed by atoms with van der Waals surface area (Å²) in [6.07, 6.45) is 1.46. The van der Waals surface area contributed by atoms with Crippen molar-refractivity contribution in [3.63, 3.8) is 0 Å². The summed E-state index contributed by atoms with van der Waals surface area (Å²) < 4.78 is 13.5. The number of carbonyl (C=O) groups is 2. The minimum absolute atomic E-state index is 0.196. The van der Waals surface area contributed by atoms with Crippen LogP contribution in [0.4, 0.5) is 15.9 Å². The largest absolute Gasteiger partial charge is 0.384 e. The van der Waals surface area contributed by atoms with Gasteiger partial charge in [0.2, 0.25) is 11.8 Å². The minimum Gasteiger partial charge on any atom is -0.384 e. The van der Waals surface area contributed by atoms with Gasteiger partial charge in [-0.05, 0) is 79.6 Å². The van der Waals surface area contributed by atoms with Crippen LogP contribution in [0.1, 0.15) is 30.2 Å². The number of hydrogen-bond donors (Lipinski definition) is 4. The van der Waals surface area contributed by atoms with Gasteiger partial charge in [-0.15, -0.1) is 0 Å². The number of hydrogen-bond acceptors (Lipinski definition) is 5. The van der Waals surface area contributed by atoms with E-state index in [0.717, 1.165) is 28.8 Å². The Morgan fingerprint density at radius 1 is 1.21 bits per heavy atom. The zero-order chi connectivity index (χ0) is 27.2. The maximum Gasteiger partial charge on any atom is 0.242 e. The summed E-state index contributed by atoms with van der Waals surface area (Å²) in [5.41, 5.74) is 10.2. The lowest BCUT2D eigenvalue weighted by Crippen LogP contribution is -2.50. The quantitative estimate of drug-likeness (QED) is 0.343. The number of pyridine rings is 1. The van der Waals surface area contributed by atoms with Crippen LogP contribution in [0.25, 0.3) is 16.0 Å². The topological polar surface area (TPSA) is 114 Å². The predicted molar refractivity (Wildman–Crippen MR) is 145 cm³/mol. The zero-order valence-electron chi connectivity index (χ0n) is 21.4. The highest BCUT2D eigenvalue weighted by molar-refractivity contribution is 5.89. The number of nitrogens with two attached hydrogens (primary N) is 1. The molecule has 3 atom stereocenters. The molecule has 5 N–H and O–H groups in total. The Balaban J connectivity index is 1.26. The molecule has 1 fully saturated rings. The molecule has 0 aliphatic carbocycles. The zero-order valence-corrected chi connectivity index (χ0v) is 21.4. The van der Waals surface area contributed by atoms with Crippen molar-refractivity contribution in [3.8, 4) is 11.1 Å². The van der Waals surface area contributed by atoms with Gasteiger partial charge >= 0.3 is 0 Å². The van der Waals surface area contributed by atoms with Gasteiger partial charge in [-0.2, -0.15) is 0 Å². The van der Waals surface area contributed by atoms with Crippen molar-refractivity contribution in [3.05, 3.63) is 88.7 Å². The van der Waals surface area contributed by atoms with E-state index in [9.17, 15) is 14.0 Å². The third kappa shape index (κ3) is 6.52. The molecular weight excluding hydrogens is 483 g/mol. The van der Waals surface area contributed by atoms with Crippen LogP contribution in [0.3, 0.4) is 0 Å². The second-order valence-corrected chi connectivity index (χ2v) is 9.67. The highest BCUT2D eigenvalue weighted by Crippen LogP contribution is 2.31. The molecule has 9 heteroatoms. The normalized spacial score (nSPS) is 17.4. The van der Waals surface area contributed by atoms with Crippen molar-refractivity contribution in [1.29, 1.82) is 0 Å². The molecule has 0 spiro atoms. The molecule has 38 heavy (non-hydrogen) atoms. The van der Waals surface area contributed by atoms with Gasteiger partial charge in [0.1, 0.15) is 17.7 Å². The first kappa shape index (κ1) is 26.8. The number of nitrogens with one attached hydrogen (secondary N) is 3. The Bertz CT molecular complexity index is 1370. The molecule has 0 bridgehead atoms. The second-order valence-electron chi connectivity index (χ2n) is 9.67. The SMILES string of the molecule is [C-]#[N+]c1cc(F)ccc1-c1ccc(C[C@@H]2CN[C@@H](C(=O)N[C@@H](C)C(=O)NCc3ccc(N)nc3C)C2)cc1. The number of carbonyl (C=O) groups excluding carboxylic acids is 2. The second kappa shape index (κ2) is 11.8. The third-order valence-corrected chi connectivity index (χ3v) is 6.83. The number of anilines is 1. The predicted octanol–water partition coefficient (Wildman–Crippen LogP) is 3.67. The number of halogens is 1. The highest BCUT2D eigenvalue weighted by Gasteiger charge is 2.31. The van der Waals surface area contributed by atoms with Gasteiger partial charge in [0.05, 0.1) is 12.6 Å².